The van der Waals surface area contributed by atoms with Gasteiger partial charge in [0.1, 0.15) is 0 Å². The van der Waals surface area contributed by atoms with Gasteiger partial charge in [0, 0.05) is 11.1 Å². The average Bonchev–Trinajstić information content (AvgIpc) is 2.35. The lowest BCUT2D eigenvalue weighted by atomic mass is 9.93. The van der Waals surface area contributed by atoms with Crippen molar-refractivity contribution in [2.24, 2.45) is 5.41 Å². The maximum atomic E-state index is 13.2. The van der Waals surface area contributed by atoms with E-state index in [4.69, 9.17) is 5.26 Å². The van der Waals surface area contributed by atoms with Crippen molar-refractivity contribution in [3.63, 3.8) is 0 Å². The predicted molar refractivity (Wildman–Crippen MR) is 73.6 cm³/mol. The first-order chi connectivity index (χ1) is 9.52. The minimum Gasteiger partial charge on any atom is -0.325 e. The molecule has 0 aliphatic rings. The predicted octanol–water partition coefficient (Wildman–Crippen LogP) is 4.12. The van der Waals surface area contributed by atoms with Crippen LogP contribution in [0.4, 0.5) is 18.9 Å². The number of amides is 1. The highest BCUT2D eigenvalue weighted by Crippen LogP contribution is 2.38. The summed E-state index contributed by atoms with van der Waals surface area (Å²) in [5.74, 6) is -0.380. The van der Waals surface area contributed by atoms with Crippen LogP contribution in [0, 0.1) is 16.7 Å². The molecule has 0 bridgehead atoms. The maximum absolute atomic E-state index is 13.2. The molecule has 1 rings (SSSR count). The van der Waals surface area contributed by atoms with E-state index >= 15 is 0 Å². The summed E-state index contributed by atoms with van der Waals surface area (Å²) in [5.41, 5.74) is -2.10. The van der Waals surface area contributed by atoms with Crippen LogP contribution in [0.15, 0.2) is 12.1 Å². The van der Waals surface area contributed by atoms with Crippen molar-refractivity contribution in [2.75, 3.05) is 5.32 Å². The van der Waals surface area contributed by atoms with Crippen LogP contribution in [-0.4, -0.2) is 5.91 Å². The second kappa shape index (κ2) is 5.76. The first-order valence-corrected chi connectivity index (χ1v) is 6.47. The molecule has 0 atom stereocenters. The Morgan fingerprint density at radius 3 is 2.24 bits per heavy atom. The Kier molecular flexibility index (Phi) is 4.67. The van der Waals surface area contributed by atoms with Crippen molar-refractivity contribution in [2.45, 2.75) is 40.3 Å². The zero-order valence-electron chi connectivity index (χ0n) is 12.4. The zero-order chi connectivity index (χ0) is 16.4. The molecule has 0 aliphatic carbocycles. The van der Waals surface area contributed by atoms with E-state index < -0.39 is 22.7 Å². The van der Waals surface area contributed by atoms with E-state index in [1.54, 1.807) is 33.8 Å². The van der Waals surface area contributed by atoms with Gasteiger partial charge in [0.25, 0.3) is 0 Å². The molecule has 0 aliphatic heterocycles. The molecular weight excluding hydrogens is 281 g/mol. The van der Waals surface area contributed by atoms with Crippen molar-refractivity contribution in [1.29, 1.82) is 5.26 Å². The lowest BCUT2D eigenvalue weighted by Crippen LogP contribution is -2.28. The Labute approximate surface area is 121 Å². The molecule has 0 unspecified atom stereocenters. The molecule has 0 heterocycles. The van der Waals surface area contributed by atoms with E-state index in [2.05, 4.69) is 5.32 Å². The summed E-state index contributed by atoms with van der Waals surface area (Å²) in [5, 5.41) is 11.4. The Morgan fingerprint density at radius 2 is 1.86 bits per heavy atom. The smallest absolute Gasteiger partial charge is 0.325 e. The van der Waals surface area contributed by atoms with E-state index in [1.165, 1.54) is 6.07 Å². The lowest BCUT2D eigenvalue weighted by molar-refractivity contribution is -0.138. The number of hydrogen-bond acceptors (Lipinski definition) is 2. The van der Waals surface area contributed by atoms with Crippen molar-refractivity contribution in [3.05, 3.63) is 28.8 Å². The number of anilines is 1. The number of halogens is 3. The Balaban J connectivity index is 3.44. The van der Waals surface area contributed by atoms with Crippen LogP contribution in [0.25, 0.3) is 0 Å². The summed E-state index contributed by atoms with van der Waals surface area (Å²) in [6.45, 7) is 6.56. The van der Waals surface area contributed by atoms with E-state index in [-0.39, 0.29) is 23.6 Å². The van der Waals surface area contributed by atoms with Gasteiger partial charge in [0.05, 0.1) is 17.2 Å². The molecule has 0 fully saturated rings. The van der Waals surface area contributed by atoms with E-state index in [9.17, 15) is 18.0 Å². The fraction of sp³-hybridized carbons (Fsp3) is 0.467. The van der Waals surface area contributed by atoms with Crippen LogP contribution in [0.5, 0.6) is 0 Å². The SMILES string of the molecule is CCc1c(NC(=O)C(C)(C)C)ccc(C#N)c1C(F)(F)F. The van der Waals surface area contributed by atoms with Gasteiger partial charge in [-0.2, -0.15) is 18.4 Å². The van der Waals surface area contributed by atoms with Gasteiger partial charge in [-0.15, -0.1) is 0 Å². The van der Waals surface area contributed by atoms with Gasteiger partial charge in [0.15, 0.2) is 0 Å². The minimum atomic E-state index is -4.64. The van der Waals surface area contributed by atoms with Crippen molar-refractivity contribution < 1.29 is 18.0 Å². The van der Waals surface area contributed by atoms with Crippen molar-refractivity contribution in [1.82, 2.24) is 0 Å². The summed E-state index contributed by atoms with van der Waals surface area (Å²) in [6, 6.07) is 3.98. The molecule has 3 nitrogen and oxygen atoms in total. The van der Waals surface area contributed by atoms with Crippen LogP contribution in [0.2, 0.25) is 0 Å². The molecule has 1 N–H and O–H groups in total. The number of benzene rings is 1. The van der Waals surface area contributed by atoms with Crippen LogP contribution in [0.3, 0.4) is 0 Å². The third kappa shape index (κ3) is 3.75. The maximum Gasteiger partial charge on any atom is 0.418 e. The topological polar surface area (TPSA) is 52.9 Å². The van der Waals surface area contributed by atoms with E-state index in [0.717, 1.165) is 6.07 Å². The highest BCUT2D eigenvalue weighted by molar-refractivity contribution is 5.95. The Hall–Kier alpha value is -2.03. The summed E-state index contributed by atoms with van der Waals surface area (Å²) in [6.07, 6.45) is -4.58. The first kappa shape index (κ1) is 17.0. The van der Waals surface area contributed by atoms with Crippen molar-refractivity contribution in [3.8, 4) is 6.07 Å². The number of carbonyl (C=O) groups is 1. The molecule has 6 heteroatoms. The fourth-order valence-electron chi connectivity index (χ4n) is 1.86. The molecule has 0 radical (unpaired) electrons. The Bertz CT molecular complexity index is 593. The molecule has 1 amide bonds. The van der Waals surface area contributed by atoms with Crippen LogP contribution in [-0.2, 0) is 17.4 Å². The largest absolute Gasteiger partial charge is 0.418 e. The summed E-state index contributed by atoms with van der Waals surface area (Å²) in [7, 11) is 0. The van der Waals surface area contributed by atoms with Gasteiger partial charge < -0.3 is 5.32 Å². The highest BCUT2D eigenvalue weighted by atomic mass is 19.4. The molecule has 21 heavy (non-hydrogen) atoms. The molecular formula is C15H17F3N2O. The number of hydrogen-bond donors (Lipinski definition) is 1. The number of rotatable bonds is 2. The van der Waals surface area contributed by atoms with Crippen LogP contribution < -0.4 is 5.32 Å². The first-order valence-electron chi connectivity index (χ1n) is 6.47. The van der Waals surface area contributed by atoms with Gasteiger partial charge >= 0.3 is 6.18 Å². The minimum absolute atomic E-state index is 0.0596. The standard InChI is InChI=1S/C15H17F3N2O/c1-5-10-11(20-13(21)14(2,3)4)7-6-9(8-19)12(10)15(16,17)18/h6-7H,5H2,1-4H3,(H,20,21). The van der Waals surface area contributed by atoms with Crippen molar-refractivity contribution >= 4 is 11.6 Å². The zero-order valence-corrected chi connectivity index (χ0v) is 12.4. The number of nitriles is 1. The quantitative estimate of drug-likeness (QED) is 0.892. The number of nitrogens with one attached hydrogen (secondary N) is 1. The van der Waals surface area contributed by atoms with Gasteiger partial charge in [0.2, 0.25) is 5.91 Å². The monoisotopic (exact) mass is 298 g/mol. The summed E-state index contributed by atoms with van der Waals surface area (Å²) >= 11 is 0. The third-order valence-electron chi connectivity index (χ3n) is 3.00. The fourth-order valence-corrected chi connectivity index (χ4v) is 1.86. The van der Waals surface area contributed by atoms with Gasteiger partial charge in [-0.3, -0.25) is 4.79 Å². The Morgan fingerprint density at radius 1 is 1.29 bits per heavy atom. The second-order valence-electron chi connectivity index (χ2n) is 5.68. The van der Waals surface area contributed by atoms with E-state index in [1.807, 2.05) is 0 Å². The van der Waals surface area contributed by atoms with Crippen LogP contribution >= 0.6 is 0 Å². The number of carbonyl (C=O) groups excluding carboxylic acids is 1. The average molecular weight is 298 g/mol. The van der Waals surface area contributed by atoms with Gasteiger partial charge in [-0.25, -0.2) is 0 Å². The molecule has 0 saturated heterocycles. The summed E-state index contributed by atoms with van der Waals surface area (Å²) < 4.78 is 39.5. The molecule has 114 valence electrons. The molecule has 0 aromatic heterocycles. The van der Waals surface area contributed by atoms with E-state index in [0.29, 0.717) is 0 Å². The normalized spacial score (nSPS) is 11.9. The van der Waals surface area contributed by atoms with Crippen LogP contribution in [0.1, 0.15) is 44.4 Å². The highest BCUT2D eigenvalue weighted by Gasteiger charge is 2.37. The molecule has 0 saturated carbocycles. The molecule has 0 spiro atoms. The molecule has 1 aromatic carbocycles. The van der Waals surface area contributed by atoms with Gasteiger partial charge in [-0.1, -0.05) is 27.7 Å². The lowest BCUT2D eigenvalue weighted by Gasteiger charge is -2.22. The van der Waals surface area contributed by atoms with Gasteiger partial charge in [-0.05, 0) is 24.1 Å². The number of nitrogens with zero attached hydrogens (tertiary/aromatic N) is 1. The molecule has 1 aromatic rings. The second-order valence-corrected chi connectivity index (χ2v) is 5.68. The number of alkyl halides is 3. The third-order valence-corrected chi connectivity index (χ3v) is 3.00. The summed E-state index contributed by atoms with van der Waals surface area (Å²) in [4.78, 5) is 12.0.